The van der Waals surface area contributed by atoms with Gasteiger partial charge in [-0.25, -0.2) is 4.98 Å². The van der Waals surface area contributed by atoms with Crippen LogP contribution >= 0.6 is 0 Å². The standard InChI is InChI=1S/C14H16N2O/c1-17-11-13-7-3-2-6-12(13)10-16-14-8-4-5-9-15-14/h2-9H,10-11H2,1H3,(H,15,16). The first-order valence-corrected chi connectivity index (χ1v) is 5.61. The fourth-order valence-electron chi connectivity index (χ4n) is 1.68. The van der Waals surface area contributed by atoms with E-state index in [4.69, 9.17) is 4.74 Å². The van der Waals surface area contributed by atoms with Gasteiger partial charge in [0.15, 0.2) is 0 Å². The largest absolute Gasteiger partial charge is 0.380 e. The van der Waals surface area contributed by atoms with E-state index in [0.717, 1.165) is 12.4 Å². The lowest BCUT2D eigenvalue weighted by Gasteiger charge is -2.10. The summed E-state index contributed by atoms with van der Waals surface area (Å²) in [5.74, 6) is 0.889. The summed E-state index contributed by atoms with van der Waals surface area (Å²) in [5.41, 5.74) is 2.44. The zero-order valence-electron chi connectivity index (χ0n) is 9.89. The van der Waals surface area contributed by atoms with Gasteiger partial charge >= 0.3 is 0 Å². The highest BCUT2D eigenvalue weighted by Gasteiger charge is 2.01. The molecule has 1 aromatic heterocycles. The van der Waals surface area contributed by atoms with Crippen LogP contribution in [0.25, 0.3) is 0 Å². The predicted octanol–water partition coefficient (Wildman–Crippen LogP) is 2.84. The Bertz CT molecular complexity index is 457. The number of hydrogen-bond acceptors (Lipinski definition) is 3. The predicted molar refractivity (Wildman–Crippen MR) is 68.7 cm³/mol. The van der Waals surface area contributed by atoms with Gasteiger partial charge in [-0.2, -0.15) is 0 Å². The molecule has 0 saturated carbocycles. The molecule has 0 saturated heterocycles. The summed E-state index contributed by atoms with van der Waals surface area (Å²) in [7, 11) is 1.71. The van der Waals surface area contributed by atoms with Crippen LogP contribution in [0, 0.1) is 0 Å². The summed E-state index contributed by atoms with van der Waals surface area (Å²) in [6, 6.07) is 14.1. The molecule has 0 radical (unpaired) electrons. The minimum absolute atomic E-state index is 0.639. The first-order valence-electron chi connectivity index (χ1n) is 5.61. The van der Waals surface area contributed by atoms with Crippen molar-refractivity contribution in [3.63, 3.8) is 0 Å². The molecule has 0 aliphatic heterocycles. The number of ether oxygens (including phenoxy) is 1. The van der Waals surface area contributed by atoms with Gasteiger partial charge in [0.05, 0.1) is 6.61 Å². The van der Waals surface area contributed by atoms with Crippen LogP contribution in [0.1, 0.15) is 11.1 Å². The molecule has 1 N–H and O–H groups in total. The summed E-state index contributed by atoms with van der Waals surface area (Å²) < 4.78 is 5.18. The number of rotatable bonds is 5. The second-order valence-electron chi connectivity index (χ2n) is 3.77. The zero-order chi connectivity index (χ0) is 11.9. The summed E-state index contributed by atoms with van der Waals surface area (Å²) in [6.45, 7) is 1.40. The van der Waals surface area contributed by atoms with Crippen LogP contribution in [-0.2, 0) is 17.9 Å². The molecule has 3 heteroatoms. The van der Waals surface area contributed by atoms with Crippen molar-refractivity contribution in [2.24, 2.45) is 0 Å². The highest BCUT2D eigenvalue weighted by Crippen LogP contribution is 2.12. The van der Waals surface area contributed by atoms with E-state index < -0.39 is 0 Å². The molecule has 0 unspecified atom stereocenters. The minimum atomic E-state index is 0.639. The normalized spacial score (nSPS) is 10.2. The Hall–Kier alpha value is -1.87. The van der Waals surface area contributed by atoms with Crippen molar-refractivity contribution in [1.29, 1.82) is 0 Å². The van der Waals surface area contributed by atoms with Crippen LogP contribution in [0.5, 0.6) is 0 Å². The summed E-state index contributed by atoms with van der Waals surface area (Å²) in [6.07, 6.45) is 1.78. The van der Waals surface area contributed by atoms with Crippen LogP contribution in [0.15, 0.2) is 48.7 Å². The Balaban J connectivity index is 2.03. The van der Waals surface area contributed by atoms with Gasteiger partial charge in [-0.3, -0.25) is 0 Å². The number of nitrogens with one attached hydrogen (secondary N) is 1. The highest BCUT2D eigenvalue weighted by molar-refractivity contribution is 5.36. The van der Waals surface area contributed by atoms with Gasteiger partial charge in [0.2, 0.25) is 0 Å². The minimum Gasteiger partial charge on any atom is -0.380 e. The Morgan fingerprint density at radius 3 is 2.53 bits per heavy atom. The molecule has 0 amide bonds. The van der Waals surface area contributed by atoms with Crippen LogP contribution in [0.3, 0.4) is 0 Å². The maximum atomic E-state index is 5.18. The third-order valence-electron chi connectivity index (χ3n) is 2.54. The van der Waals surface area contributed by atoms with Gasteiger partial charge in [0, 0.05) is 19.9 Å². The van der Waals surface area contributed by atoms with Crippen LogP contribution < -0.4 is 5.32 Å². The van der Waals surface area contributed by atoms with Crippen molar-refractivity contribution >= 4 is 5.82 Å². The Kier molecular flexibility index (Phi) is 4.11. The number of nitrogens with zero attached hydrogens (tertiary/aromatic N) is 1. The smallest absolute Gasteiger partial charge is 0.126 e. The SMILES string of the molecule is COCc1ccccc1CNc1ccccn1. The Morgan fingerprint density at radius 2 is 1.82 bits per heavy atom. The monoisotopic (exact) mass is 228 g/mol. The van der Waals surface area contributed by atoms with Crippen molar-refractivity contribution < 1.29 is 4.74 Å². The average Bonchev–Trinajstić information content (AvgIpc) is 2.39. The number of methoxy groups -OCH3 is 1. The molecule has 2 aromatic rings. The first-order chi connectivity index (χ1) is 8.40. The quantitative estimate of drug-likeness (QED) is 0.854. The molecule has 1 heterocycles. The molecule has 2 rings (SSSR count). The lowest BCUT2D eigenvalue weighted by atomic mass is 10.1. The number of hydrogen-bond donors (Lipinski definition) is 1. The Morgan fingerprint density at radius 1 is 1.06 bits per heavy atom. The molecule has 0 aliphatic rings. The fourth-order valence-corrected chi connectivity index (χ4v) is 1.68. The van der Waals surface area contributed by atoms with E-state index in [9.17, 15) is 0 Å². The molecule has 0 spiro atoms. The van der Waals surface area contributed by atoms with Gasteiger partial charge in [-0.05, 0) is 23.3 Å². The van der Waals surface area contributed by atoms with E-state index in [1.54, 1.807) is 13.3 Å². The molecule has 0 fully saturated rings. The van der Waals surface area contributed by atoms with E-state index in [0.29, 0.717) is 6.61 Å². The molecule has 0 atom stereocenters. The lowest BCUT2D eigenvalue weighted by molar-refractivity contribution is 0.184. The maximum Gasteiger partial charge on any atom is 0.126 e. The number of benzene rings is 1. The molecule has 0 bridgehead atoms. The zero-order valence-corrected chi connectivity index (χ0v) is 9.89. The van der Waals surface area contributed by atoms with Crippen molar-refractivity contribution in [2.45, 2.75) is 13.2 Å². The third kappa shape index (κ3) is 3.29. The van der Waals surface area contributed by atoms with Crippen LogP contribution in [-0.4, -0.2) is 12.1 Å². The average molecular weight is 228 g/mol. The molecule has 3 nitrogen and oxygen atoms in total. The second-order valence-corrected chi connectivity index (χ2v) is 3.77. The van der Waals surface area contributed by atoms with E-state index in [2.05, 4.69) is 22.4 Å². The highest BCUT2D eigenvalue weighted by atomic mass is 16.5. The van der Waals surface area contributed by atoms with Gasteiger partial charge in [-0.1, -0.05) is 30.3 Å². The lowest BCUT2D eigenvalue weighted by Crippen LogP contribution is -2.04. The summed E-state index contributed by atoms with van der Waals surface area (Å²) in [5, 5.41) is 3.29. The van der Waals surface area contributed by atoms with Crippen molar-refractivity contribution in [3.8, 4) is 0 Å². The molecule has 1 aromatic carbocycles. The molecule has 88 valence electrons. The van der Waals surface area contributed by atoms with Crippen LogP contribution in [0.4, 0.5) is 5.82 Å². The molecular formula is C14H16N2O. The topological polar surface area (TPSA) is 34.1 Å². The maximum absolute atomic E-state index is 5.18. The van der Waals surface area contributed by atoms with E-state index in [-0.39, 0.29) is 0 Å². The van der Waals surface area contributed by atoms with Crippen molar-refractivity contribution in [1.82, 2.24) is 4.98 Å². The molecule has 0 aliphatic carbocycles. The Labute approximate surface area is 101 Å². The molecule has 17 heavy (non-hydrogen) atoms. The van der Waals surface area contributed by atoms with Gasteiger partial charge < -0.3 is 10.1 Å². The number of aromatic nitrogens is 1. The number of anilines is 1. The summed E-state index contributed by atoms with van der Waals surface area (Å²) >= 11 is 0. The third-order valence-corrected chi connectivity index (χ3v) is 2.54. The fraction of sp³-hybridized carbons (Fsp3) is 0.214. The van der Waals surface area contributed by atoms with Gasteiger partial charge in [0.1, 0.15) is 5.82 Å². The summed E-state index contributed by atoms with van der Waals surface area (Å²) in [4.78, 5) is 4.23. The van der Waals surface area contributed by atoms with E-state index >= 15 is 0 Å². The van der Waals surface area contributed by atoms with Crippen molar-refractivity contribution in [3.05, 3.63) is 59.8 Å². The first kappa shape index (κ1) is 11.6. The van der Waals surface area contributed by atoms with E-state index in [1.165, 1.54) is 11.1 Å². The second kappa shape index (κ2) is 6.01. The van der Waals surface area contributed by atoms with Crippen molar-refractivity contribution in [2.75, 3.05) is 12.4 Å². The van der Waals surface area contributed by atoms with Crippen LogP contribution in [0.2, 0.25) is 0 Å². The number of pyridine rings is 1. The van der Waals surface area contributed by atoms with Gasteiger partial charge in [-0.15, -0.1) is 0 Å². The molecular weight excluding hydrogens is 212 g/mol. The van der Waals surface area contributed by atoms with E-state index in [1.807, 2.05) is 30.3 Å². The van der Waals surface area contributed by atoms with Gasteiger partial charge in [0.25, 0.3) is 0 Å².